The van der Waals surface area contributed by atoms with Crippen LogP contribution in [0.2, 0.25) is 0 Å². The molecule has 0 unspecified atom stereocenters. The minimum atomic E-state index is -1.31. The first kappa shape index (κ1) is 26.7. The highest BCUT2D eigenvalue weighted by Crippen LogP contribution is 2.44. The third-order valence-corrected chi connectivity index (χ3v) is 8.03. The lowest BCUT2D eigenvalue weighted by Gasteiger charge is -2.44. The Kier molecular flexibility index (Phi) is 8.78. The Morgan fingerprint density at radius 3 is 2.64 bits per heavy atom. The second-order valence-electron chi connectivity index (χ2n) is 10.4. The van der Waals surface area contributed by atoms with Gasteiger partial charge in [-0.3, -0.25) is 4.79 Å². The molecule has 1 aliphatic carbocycles. The van der Waals surface area contributed by atoms with Gasteiger partial charge in [0.05, 0.1) is 11.7 Å². The first-order valence-electron chi connectivity index (χ1n) is 13.1. The van der Waals surface area contributed by atoms with E-state index in [-0.39, 0.29) is 29.6 Å². The molecule has 4 rings (SSSR count). The number of nitrogens with zero attached hydrogens (tertiary/aromatic N) is 1. The zero-order chi connectivity index (χ0) is 25.7. The topological polar surface area (TPSA) is 96.0 Å². The smallest absolute Gasteiger partial charge is 0.225 e. The van der Waals surface area contributed by atoms with Crippen molar-refractivity contribution in [1.29, 1.82) is 0 Å². The molecular formula is C29H39FN2O4. The van der Waals surface area contributed by atoms with Crippen molar-refractivity contribution in [3.63, 3.8) is 0 Å². The summed E-state index contributed by atoms with van der Waals surface area (Å²) in [5, 5.41) is 22.5. The molecule has 1 heterocycles. The van der Waals surface area contributed by atoms with E-state index < -0.39 is 11.7 Å². The third kappa shape index (κ3) is 5.65. The maximum atomic E-state index is 15.3. The zero-order valence-corrected chi connectivity index (χ0v) is 21.1. The van der Waals surface area contributed by atoms with Crippen LogP contribution in [0.25, 0.3) is 11.1 Å². The standard InChI is InChI=1S/C29H39FN2O4/c1-36-16-6-5-14-29(35,23-12-7-13-24(30)27(23)20-9-3-2-4-10-20)22-11-8-15-32(19-22)28(34)21-17-25(31)26(33)18-21/h2-4,7,9-10,12-13,21-22,25-26,33,35H,5-6,8,11,14-19,31H2,1H3/t21-,22+,25+,26-,29-/m0/s1. The highest BCUT2D eigenvalue weighted by molar-refractivity contribution is 5.79. The molecular weight excluding hydrogens is 459 g/mol. The number of aliphatic hydroxyl groups is 2. The van der Waals surface area contributed by atoms with Gasteiger partial charge in [-0.2, -0.15) is 0 Å². The van der Waals surface area contributed by atoms with Crippen molar-refractivity contribution in [2.45, 2.75) is 62.7 Å². The Bertz CT molecular complexity index is 1010. The van der Waals surface area contributed by atoms with E-state index in [1.807, 2.05) is 41.3 Å². The van der Waals surface area contributed by atoms with Crippen molar-refractivity contribution in [3.8, 4) is 11.1 Å². The second-order valence-corrected chi connectivity index (χ2v) is 10.4. The van der Waals surface area contributed by atoms with Crippen LogP contribution in [0.3, 0.4) is 0 Å². The number of ether oxygens (including phenoxy) is 1. The summed E-state index contributed by atoms with van der Waals surface area (Å²) < 4.78 is 20.5. The normalized spacial score (nSPS) is 26.1. The van der Waals surface area contributed by atoms with Gasteiger partial charge in [-0.1, -0.05) is 42.5 Å². The van der Waals surface area contributed by atoms with Crippen LogP contribution in [-0.4, -0.2) is 60.0 Å². The maximum Gasteiger partial charge on any atom is 0.225 e. The molecule has 0 radical (unpaired) electrons. The Hall–Kier alpha value is -2.32. The molecule has 196 valence electrons. The van der Waals surface area contributed by atoms with Gasteiger partial charge in [-0.15, -0.1) is 0 Å². The molecule has 1 aliphatic heterocycles. The summed E-state index contributed by atoms with van der Waals surface area (Å²) >= 11 is 0. The summed E-state index contributed by atoms with van der Waals surface area (Å²) in [4.78, 5) is 15.2. The van der Waals surface area contributed by atoms with E-state index >= 15 is 4.39 Å². The van der Waals surface area contributed by atoms with Gasteiger partial charge in [-0.05, 0) is 62.1 Å². The van der Waals surface area contributed by atoms with Crippen molar-refractivity contribution in [3.05, 3.63) is 59.9 Å². The van der Waals surface area contributed by atoms with E-state index in [0.717, 1.165) is 24.8 Å². The molecule has 36 heavy (non-hydrogen) atoms. The minimum Gasteiger partial charge on any atom is -0.391 e. The van der Waals surface area contributed by atoms with Crippen molar-refractivity contribution in [2.75, 3.05) is 26.8 Å². The second kappa shape index (κ2) is 11.8. The SMILES string of the molecule is COCCCC[C@@](O)(c1cccc(F)c1-c1ccccc1)[C@@H]1CCCN(C(=O)[C@H]2C[C@@H](N)[C@@H](O)C2)C1. The maximum absolute atomic E-state index is 15.3. The van der Waals surface area contributed by atoms with Crippen molar-refractivity contribution in [1.82, 2.24) is 4.90 Å². The van der Waals surface area contributed by atoms with Gasteiger partial charge in [-0.25, -0.2) is 4.39 Å². The molecule has 2 aromatic carbocycles. The number of benzene rings is 2. The number of carbonyl (C=O) groups is 1. The summed E-state index contributed by atoms with van der Waals surface area (Å²) in [6, 6.07) is 13.9. The fraction of sp³-hybridized carbons (Fsp3) is 0.552. The van der Waals surface area contributed by atoms with Crippen LogP contribution in [0.4, 0.5) is 4.39 Å². The molecule has 0 spiro atoms. The van der Waals surface area contributed by atoms with E-state index in [1.165, 1.54) is 6.07 Å². The quantitative estimate of drug-likeness (QED) is 0.457. The third-order valence-electron chi connectivity index (χ3n) is 8.03. The Labute approximate surface area is 213 Å². The van der Waals surface area contributed by atoms with Gasteiger partial charge in [0.25, 0.3) is 0 Å². The van der Waals surface area contributed by atoms with Crippen molar-refractivity contribution in [2.24, 2.45) is 17.6 Å². The first-order valence-corrected chi connectivity index (χ1v) is 13.1. The van der Waals surface area contributed by atoms with Crippen LogP contribution in [0.15, 0.2) is 48.5 Å². The number of amides is 1. The van der Waals surface area contributed by atoms with Crippen LogP contribution in [0.1, 0.15) is 50.5 Å². The molecule has 2 aromatic rings. The molecule has 2 aliphatic rings. The van der Waals surface area contributed by atoms with Gasteiger partial charge in [0.2, 0.25) is 5.91 Å². The van der Waals surface area contributed by atoms with Crippen molar-refractivity contribution < 1.29 is 24.1 Å². The number of aliphatic hydroxyl groups excluding tert-OH is 1. The predicted molar refractivity (Wildman–Crippen MR) is 137 cm³/mol. The summed E-state index contributed by atoms with van der Waals surface area (Å²) in [5.74, 6) is -0.915. The number of hydrogen-bond acceptors (Lipinski definition) is 5. The lowest BCUT2D eigenvalue weighted by atomic mass is 9.72. The fourth-order valence-corrected chi connectivity index (χ4v) is 6.06. The van der Waals surface area contributed by atoms with E-state index in [1.54, 1.807) is 13.2 Å². The molecule has 2 fully saturated rings. The van der Waals surface area contributed by atoms with Crippen LogP contribution >= 0.6 is 0 Å². The van der Waals surface area contributed by atoms with Gasteiger partial charge in [0.1, 0.15) is 5.82 Å². The molecule has 5 atom stereocenters. The number of rotatable bonds is 9. The fourth-order valence-electron chi connectivity index (χ4n) is 6.06. The summed E-state index contributed by atoms with van der Waals surface area (Å²) in [5.41, 5.74) is 6.36. The Balaban J connectivity index is 1.66. The average molecular weight is 499 g/mol. The molecule has 6 nitrogen and oxygen atoms in total. The Morgan fingerprint density at radius 2 is 1.94 bits per heavy atom. The number of hydrogen-bond donors (Lipinski definition) is 3. The minimum absolute atomic E-state index is 0.00374. The van der Waals surface area contributed by atoms with Gasteiger partial charge >= 0.3 is 0 Å². The first-order chi connectivity index (χ1) is 17.3. The number of carbonyl (C=O) groups excluding carboxylic acids is 1. The van der Waals surface area contributed by atoms with Crippen LogP contribution in [0, 0.1) is 17.7 Å². The van der Waals surface area contributed by atoms with Crippen LogP contribution < -0.4 is 5.73 Å². The number of methoxy groups -OCH3 is 1. The lowest BCUT2D eigenvalue weighted by molar-refractivity contribution is -0.141. The highest BCUT2D eigenvalue weighted by Gasteiger charge is 2.44. The number of piperidine rings is 1. The average Bonchev–Trinajstić information content (AvgIpc) is 3.24. The summed E-state index contributed by atoms with van der Waals surface area (Å²) in [6.45, 7) is 1.60. The highest BCUT2D eigenvalue weighted by atomic mass is 19.1. The number of nitrogens with two attached hydrogens (primary N) is 1. The van der Waals surface area contributed by atoms with E-state index in [4.69, 9.17) is 10.5 Å². The van der Waals surface area contributed by atoms with Gasteiger partial charge in [0.15, 0.2) is 0 Å². The zero-order valence-electron chi connectivity index (χ0n) is 21.1. The molecule has 4 N–H and O–H groups in total. The number of likely N-dealkylation sites (tertiary alicyclic amines) is 1. The van der Waals surface area contributed by atoms with Gasteiger partial charge < -0.3 is 25.6 Å². The molecule has 7 heteroatoms. The number of unbranched alkanes of at least 4 members (excludes halogenated alkanes) is 1. The van der Waals surface area contributed by atoms with Gasteiger partial charge in [0, 0.05) is 50.2 Å². The summed E-state index contributed by atoms with van der Waals surface area (Å²) in [6.07, 6.45) is 3.63. The van der Waals surface area contributed by atoms with Crippen molar-refractivity contribution >= 4 is 5.91 Å². The van der Waals surface area contributed by atoms with E-state index in [0.29, 0.717) is 56.5 Å². The Morgan fingerprint density at radius 1 is 1.17 bits per heavy atom. The predicted octanol–water partition coefficient (Wildman–Crippen LogP) is 3.83. The molecule has 1 saturated heterocycles. The molecule has 0 bridgehead atoms. The molecule has 1 amide bonds. The van der Waals surface area contributed by atoms with E-state index in [9.17, 15) is 15.0 Å². The van der Waals surface area contributed by atoms with Crippen LogP contribution in [-0.2, 0) is 15.1 Å². The monoisotopic (exact) mass is 498 g/mol. The number of halogens is 1. The molecule has 0 aromatic heterocycles. The van der Waals surface area contributed by atoms with Crippen LogP contribution in [0.5, 0.6) is 0 Å². The lowest BCUT2D eigenvalue weighted by Crippen LogP contribution is -2.49. The molecule has 1 saturated carbocycles. The largest absolute Gasteiger partial charge is 0.391 e. The van der Waals surface area contributed by atoms with E-state index in [2.05, 4.69) is 0 Å². The summed E-state index contributed by atoms with van der Waals surface area (Å²) in [7, 11) is 1.66.